The van der Waals surface area contributed by atoms with Crippen molar-refractivity contribution in [1.82, 2.24) is 4.98 Å². The van der Waals surface area contributed by atoms with Crippen LogP contribution in [-0.4, -0.2) is 22.7 Å². The van der Waals surface area contributed by atoms with Crippen molar-refractivity contribution in [1.29, 1.82) is 0 Å². The summed E-state index contributed by atoms with van der Waals surface area (Å²) in [5, 5.41) is 14.8. The molecule has 1 saturated carbocycles. The summed E-state index contributed by atoms with van der Waals surface area (Å²) >= 11 is 0. The third-order valence-corrected chi connectivity index (χ3v) is 3.64. The second kappa shape index (κ2) is 4.46. The number of nitrogens with two attached hydrogens (primary N) is 1. The minimum absolute atomic E-state index is 0.0934. The number of aromatic nitrogens is 1. The lowest BCUT2D eigenvalue weighted by atomic mass is 9.82. The molecule has 18 heavy (non-hydrogen) atoms. The summed E-state index contributed by atoms with van der Waals surface area (Å²) < 4.78 is 0. The van der Waals surface area contributed by atoms with E-state index in [1.807, 2.05) is 18.2 Å². The van der Waals surface area contributed by atoms with Crippen molar-refractivity contribution in [3.63, 3.8) is 0 Å². The zero-order chi connectivity index (χ0) is 12.5. The van der Waals surface area contributed by atoms with Gasteiger partial charge < -0.3 is 16.2 Å². The number of fused-ring (bicyclic) bond motifs is 1. The van der Waals surface area contributed by atoms with Crippen LogP contribution in [0.5, 0.6) is 0 Å². The smallest absolute Gasteiger partial charge is 0.0546 e. The van der Waals surface area contributed by atoms with Crippen LogP contribution in [0.2, 0.25) is 0 Å². The monoisotopic (exact) mass is 243 g/mol. The molecular weight excluding hydrogens is 226 g/mol. The van der Waals surface area contributed by atoms with Crippen LogP contribution in [0, 0.1) is 5.92 Å². The van der Waals surface area contributed by atoms with Crippen LogP contribution >= 0.6 is 0 Å². The minimum Gasteiger partial charge on any atom is -0.398 e. The maximum Gasteiger partial charge on any atom is 0.0546 e. The fraction of sp³-hybridized carbons (Fsp3) is 0.357. The first-order chi connectivity index (χ1) is 8.74. The van der Waals surface area contributed by atoms with E-state index in [4.69, 9.17) is 5.73 Å². The molecule has 0 unspecified atom stereocenters. The summed E-state index contributed by atoms with van der Waals surface area (Å²) in [6, 6.07) is 5.89. The third kappa shape index (κ3) is 1.99. The van der Waals surface area contributed by atoms with Crippen molar-refractivity contribution in [2.24, 2.45) is 5.92 Å². The molecule has 1 aliphatic carbocycles. The van der Waals surface area contributed by atoms with Crippen molar-refractivity contribution in [3.8, 4) is 0 Å². The topological polar surface area (TPSA) is 71.2 Å². The first-order valence-electron chi connectivity index (χ1n) is 6.28. The summed E-state index contributed by atoms with van der Waals surface area (Å²) in [5.41, 5.74) is 7.77. The number of benzene rings is 1. The van der Waals surface area contributed by atoms with Crippen molar-refractivity contribution in [2.45, 2.75) is 18.9 Å². The predicted molar refractivity (Wildman–Crippen MR) is 73.4 cm³/mol. The molecule has 4 N–H and O–H groups in total. The summed E-state index contributed by atoms with van der Waals surface area (Å²) in [5.74, 6) is 0.578. The van der Waals surface area contributed by atoms with Gasteiger partial charge in [-0.2, -0.15) is 0 Å². The molecule has 0 saturated heterocycles. The fourth-order valence-electron chi connectivity index (χ4n) is 2.49. The molecule has 1 aliphatic rings. The highest BCUT2D eigenvalue weighted by Crippen LogP contribution is 2.30. The number of aliphatic hydroxyl groups is 1. The normalized spacial score (nSPS) is 22.7. The van der Waals surface area contributed by atoms with E-state index >= 15 is 0 Å². The minimum atomic E-state index is -0.0934. The Morgan fingerprint density at radius 3 is 2.89 bits per heavy atom. The van der Waals surface area contributed by atoms with Crippen LogP contribution < -0.4 is 11.1 Å². The molecule has 0 spiro atoms. The molecule has 0 aliphatic heterocycles. The zero-order valence-corrected chi connectivity index (χ0v) is 10.1. The van der Waals surface area contributed by atoms with E-state index in [1.54, 1.807) is 12.4 Å². The van der Waals surface area contributed by atoms with Crippen molar-refractivity contribution >= 4 is 22.1 Å². The van der Waals surface area contributed by atoms with Gasteiger partial charge in [-0.25, -0.2) is 0 Å². The largest absolute Gasteiger partial charge is 0.398 e. The van der Waals surface area contributed by atoms with Gasteiger partial charge in [-0.15, -0.1) is 0 Å². The van der Waals surface area contributed by atoms with Gasteiger partial charge in [0.2, 0.25) is 0 Å². The summed E-state index contributed by atoms with van der Waals surface area (Å²) in [7, 11) is 0. The highest BCUT2D eigenvalue weighted by molar-refractivity contribution is 6.00. The molecule has 1 aromatic carbocycles. The van der Waals surface area contributed by atoms with Gasteiger partial charge in [-0.3, -0.25) is 4.98 Å². The van der Waals surface area contributed by atoms with Crippen LogP contribution in [0.15, 0.2) is 30.6 Å². The number of nitrogens with one attached hydrogen (secondary N) is 1. The Bertz CT molecular complexity index is 564. The molecule has 1 aromatic heterocycles. The lowest BCUT2D eigenvalue weighted by molar-refractivity contribution is 0.0487. The summed E-state index contributed by atoms with van der Waals surface area (Å²) in [6.45, 7) is 0.901. The Hall–Kier alpha value is -1.81. The van der Waals surface area contributed by atoms with Gasteiger partial charge in [0.25, 0.3) is 0 Å². The van der Waals surface area contributed by atoms with Crippen LogP contribution in [-0.2, 0) is 0 Å². The van der Waals surface area contributed by atoms with Crippen molar-refractivity contribution in [2.75, 3.05) is 17.6 Å². The molecule has 1 fully saturated rings. The van der Waals surface area contributed by atoms with Crippen LogP contribution in [0.3, 0.4) is 0 Å². The second-order valence-corrected chi connectivity index (χ2v) is 5.00. The van der Waals surface area contributed by atoms with Crippen LogP contribution in [0.25, 0.3) is 10.8 Å². The molecule has 0 radical (unpaired) electrons. The zero-order valence-electron chi connectivity index (χ0n) is 10.1. The quantitative estimate of drug-likeness (QED) is 0.721. The van der Waals surface area contributed by atoms with Gasteiger partial charge in [0, 0.05) is 41.1 Å². The number of anilines is 2. The average Bonchev–Trinajstić information content (AvgIpc) is 2.36. The van der Waals surface area contributed by atoms with E-state index < -0.39 is 0 Å². The maximum absolute atomic E-state index is 9.27. The Labute approximate surface area is 106 Å². The highest BCUT2D eigenvalue weighted by Gasteiger charge is 2.26. The Morgan fingerprint density at radius 2 is 2.11 bits per heavy atom. The number of nitrogens with zero attached hydrogens (tertiary/aromatic N) is 1. The van der Waals surface area contributed by atoms with Crippen LogP contribution in [0.1, 0.15) is 12.8 Å². The molecule has 4 nitrogen and oxygen atoms in total. The summed E-state index contributed by atoms with van der Waals surface area (Å²) in [6.07, 6.45) is 5.29. The number of rotatable bonds is 3. The highest BCUT2D eigenvalue weighted by atomic mass is 16.3. The lowest BCUT2D eigenvalue weighted by Crippen LogP contribution is -2.33. The van der Waals surface area contributed by atoms with Crippen molar-refractivity contribution in [3.05, 3.63) is 30.6 Å². The first-order valence-corrected chi connectivity index (χ1v) is 6.28. The van der Waals surface area contributed by atoms with Gasteiger partial charge in [-0.05, 0) is 37.0 Å². The van der Waals surface area contributed by atoms with E-state index in [9.17, 15) is 5.11 Å². The number of pyridine rings is 1. The molecule has 0 amide bonds. The van der Waals surface area contributed by atoms with Gasteiger partial charge in [0.1, 0.15) is 0 Å². The van der Waals surface area contributed by atoms with E-state index in [0.29, 0.717) is 5.92 Å². The third-order valence-electron chi connectivity index (χ3n) is 3.64. The fourth-order valence-corrected chi connectivity index (χ4v) is 2.49. The number of hydrogen-bond acceptors (Lipinski definition) is 4. The Balaban J connectivity index is 1.81. The molecule has 2 aromatic rings. The molecule has 0 bridgehead atoms. The second-order valence-electron chi connectivity index (χ2n) is 5.00. The van der Waals surface area contributed by atoms with Gasteiger partial charge >= 0.3 is 0 Å². The average molecular weight is 243 g/mol. The first kappa shape index (κ1) is 11.3. The number of hydrogen-bond donors (Lipinski definition) is 3. The summed E-state index contributed by atoms with van der Waals surface area (Å²) in [4.78, 5) is 4.11. The molecule has 1 heterocycles. The predicted octanol–water partition coefficient (Wildman–Crippen LogP) is 2.00. The number of nitrogen functional groups attached to an aromatic ring is 1. The van der Waals surface area contributed by atoms with E-state index in [0.717, 1.165) is 41.5 Å². The Morgan fingerprint density at radius 1 is 1.28 bits per heavy atom. The standard InChI is InChI=1S/C14H17N3O/c15-13-1-2-14(11-3-4-16-8-12(11)13)17-7-9-5-10(18)6-9/h1-4,8-10,17-18H,5-7,15H2. The van der Waals surface area contributed by atoms with Gasteiger partial charge in [0.05, 0.1) is 6.10 Å². The van der Waals surface area contributed by atoms with Crippen molar-refractivity contribution < 1.29 is 5.11 Å². The van der Waals surface area contributed by atoms with Gasteiger partial charge in [0.15, 0.2) is 0 Å². The molecule has 4 heteroatoms. The molecule has 3 rings (SSSR count). The lowest BCUT2D eigenvalue weighted by Gasteiger charge is -2.31. The van der Waals surface area contributed by atoms with E-state index in [1.165, 1.54) is 0 Å². The molecule has 94 valence electrons. The van der Waals surface area contributed by atoms with Gasteiger partial charge in [-0.1, -0.05) is 0 Å². The SMILES string of the molecule is Nc1ccc(NCC2CC(O)C2)c2ccncc12. The molecular formula is C14H17N3O. The molecule has 0 atom stereocenters. The van der Waals surface area contributed by atoms with Crippen LogP contribution in [0.4, 0.5) is 11.4 Å². The van der Waals surface area contributed by atoms with E-state index in [2.05, 4.69) is 10.3 Å². The Kier molecular flexibility index (Phi) is 2.80. The van der Waals surface area contributed by atoms with E-state index in [-0.39, 0.29) is 6.10 Å². The maximum atomic E-state index is 9.27. The number of aliphatic hydroxyl groups excluding tert-OH is 1.